The van der Waals surface area contributed by atoms with Crippen molar-refractivity contribution in [2.75, 3.05) is 11.1 Å². The summed E-state index contributed by atoms with van der Waals surface area (Å²) in [5, 5.41) is 12.3. The molecule has 0 aliphatic rings. The van der Waals surface area contributed by atoms with Gasteiger partial charge in [0.05, 0.1) is 0 Å². The van der Waals surface area contributed by atoms with Crippen LogP contribution < -0.4 is 82.7 Å². The van der Waals surface area contributed by atoms with Gasteiger partial charge in [-0.15, -0.1) is 0 Å². The van der Waals surface area contributed by atoms with Crippen molar-refractivity contribution in [2.45, 2.75) is 0 Å². The minimum atomic E-state index is -5.61. The molecule has 0 radical (unpaired) electrons. The predicted octanol–water partition coefficient (Wildman–Crippen LogP) is -8.19. The van der Waals surface area contributed by atoms with E-state index in [9.17, 15) is 17.0 Å². The first-order chi connectivity index (χ1) is 8.86. The number of aromatic nitrogens is 2. The summed E-state index contributed by atoms with van der Waals surface area (Å²) in [6.07, 6.45) is 1.44. The van der Waals surface area contributed by atoms with Crippen LogP contribution in [0.15, 0.2) is 30.5 Å². The van der Waals surface area contributed by atoms with Gasteiger partial charge in [0.1, 0.15) is 0 Å². The van der Waals surface area contributed by atoms with Crippen molar-refractivity contribution in [3.05, 3.63) is 30.5 Å². The number of benzene rings is 1. The van der Waals surface area contributed by atoms with Crippen LogP contribution in [0.1, 0.15) is 0 Å². The Kier molecular flexibility index (Phi) is 8.56. The molecule has 4 N–H and O–H groups in total. The van der Waals surface area contributed by atoms with Gasteiger partial charge < -0.3 is 0 Å². The Morgan fingerprint density at radius 1 is 1.24 bits per heavy atom. The van der Waals surface area contributed by atoms with Crippen molar-refractivity contribution in [1.82, 2.24) is 9.97 Å². The molecule has 1 aromatic carbocycles. The van der Waals surface area contributed by atoms with Gasteiger partial charge in [-0.25, -0.2) is 0 Å². The Hall–Kier alpha value is -0.0216. The molecule has 0 amide bonds. The van der Waals surface area contributed by atoms with E-state index in [2.05, 4.69) is 15.3 Å². The third-order valence-corrected chi connectivity index (χ3v) is 4.25. The van der Waals surface area contributed by atoms with E-state index in [0.717, 1.165) is 12.1 Å². The van der Waals surface area contributed by atoms with E-state index in [-0.39, 0.29) is 65.1 Å². The molecule has 0 saturated heterocycles. The number of rotatable bonds is 3. The Balaban J connectivity index is 0.00000200. The number of nitrogens with two attached hydrogens (primary N) is 1. The van der Waals surface area contributed by atoms with E-state index >= 15 is 0 Å². The van der Waals surface area contributed by atoms with E-state index in [1.165, 1.54) is 18.3 Å². The fraction of sp³-hybridized carbons (Fsp3) is 0. The Bertz CT molecular complexity index is 667. The zero-order valence-electron chi connectivity index (χ0n) is 11.5. The monoisotopic (exact) mass is 370 g/mol. The number of phenols is 1. The van der Waals surface area contributed by atoms with Crippen molar-refractivity contribution in [3.8, 4) is 5.75 Å². The molecule has 0 fully saturated rings. The van der Waals surface area contributed by atoms with Crippen molar-refractivity contribution in [1.29, 1.82) is 0 Å². The van der Waals surface area contributed by atoms with Crippen LogP contribution in [0.5, 0.6) is 5.75 Å². The first-order valence-corrected chi connectivity index (χ1v) is 8.31. The van der Waals surface area contributed by atoms with Gasteiger partial charge in [-0.3, -0.25) is 0 Å². The Morgan fingerprint density at radius 3 is 2.43 bits per heavy atom. The molecule has 0 aliphatic carbocycles. The van der Waals surface area contributed by atoms with Crippen molar-refractivity contribution in [3.63, 3.8) is 0 Å². The number of anilines is 3. The van der Waals surface area contributed by atoms with E-state index in [1.807, 2.05) is 0 Å². The number of nitrogen functional groups attached to an aromatic ring is 1. The molecule has 8 nitrogen and oxygen atoms in total. The second-order valence-corrected chi connectivity index (χ2v) is 6.72. The number of hydrogen-bond donors (Lipinski definition) is 3. The van der Waals surface area contributed by atoms with Gasteiger partial charge in [0, 0.05) is 0 Å². The number of nitrogens with one attached hydrogen (secondary N) is 1. The van der Waals surface area contributed by atoms with Crippen LogP contribution in [-0.4, -0.2) is 29.2 Å². The molecule has 0 saturated carbocycles. The molecule has 0 bridgehead atoms. The second-order valence-electron chi connectivity index (χ2n) is 3.63. The van der Waals surface area contributed by atoms with Gasteiger partial charge >= 0.3 is 169 Å². The summed E-state index contributed by atoms with van der Waals surface area (Å²) >= 11 is -5.61. The predicted molar refractivity (Wildman–Crippen MR) is 63.9 cm³/mol. The smallest absolute Gasteiger partial charge is 1.00 e. The normalized spacial score (nSPS) is 10.2. The Morgan fingerprint density at radius 2 is 1.90 bits per heavy atom. The van der Waals surface area contributed by atoms with Crippen LogP contribution in [0.25, 0.3) is 0 Å². The molecule has 0 aliphatic heterocycles. The minimum Gasteiger partial charge on any atom is 1.00 e. The maximum atomic E-state index is 10.9. The third-order valence-electron chi connectivity index (χ3n) is 2.22. The van der Waals surface area contributed by atoms with Crippen LogP contribution in [0.4, 0.5) is 17.5 Å². The summed E-state index contributed by atoms with van der Waals surface area (Å²) < 4.78 is 32.1. The van der Waals surface area contributed by atoms with E-state index in [0.29, 0.717) is 11.5 Å². The summed E-state index contributed by atoms with van der Waals surface area (Å²) in [6, 6.07) is 5.05. The standard InChI is InChI=1S/C10H11AsN4O4.2Na/c12-10-13-4-3-9(15-10)14-6-1-2-7(8(16)5-6)11(17,18)19;;/h1-5,16H,(H2,17,18,19)(H3,12,13,14,15);;/q;2*+1/p-2. The van der Waals surface area contributed by atoms with Gasteiger partial charge in [0.15, 0.2) is 0 Å². The average molecular weight is 370 g/mol. The molecule has 11 heteroatoms. The molecule has 0 spiro atoms. The molecular weight excluding hydrogens is 361 g/mol. The van der Waals surface area contributed by atoms with Crippen LogP contribution in [0, 0.1) is 0 Å². The number of hydrogen-bond acceptors (Lipinski definition) is 8. The zero-order chi connectivity index (χ0) is 14.0. The molecule has 1 aromatic heterocycles. The van der Waals surface area contributed by atoms with Gasteiger partial charge in [-0.05, 0) is 0 Å². The van der Waals surface area contributed by atoms with Gasteiger partial charge in [0.25, 0.3) is 0 Å². The van der Waals surface area contributed by atoms with Gasteiger partial charge in [0.2, 0.25) is 0 Å². The fourth-order valence-corrected chi connectivity index (χ4v) is 2.69. The molecule has 2 aromatic rings. The summed E-state index contributed by atoms with van der Waals surface area (Å²) in [5.41, 5.74) is 5.76. The maximum Gasteiger partial charge on any atom is 1.00 e. The maximum absolute atomic E-state index is 10.9. The summed E-state index contributed by atoms with van der Waals surface area (Å²) in [6.45, 7) is 0. The fourth-order valence-electron chi connectivity index (χ4n) is 1.42. The molecule has 21 heavy (non-hydrogen) atoms. The molecule has 1 heterocycles. The van der Waals surface area contributed by atoms with Crippen LogP contribution in [0.3, 0.4) is 0 Å². The first kappa shape index (κ1) is 21.0. The zero-order valence-corrected chi connectivity index (χ0v) is 17.4. The first-order valence-electron chi connectivity index (χ1n) is 5.07. The van der Waals surface area contributed by atoms with Gasteiger partial charge in [-0.1, -0.05) is 0 Å². The van der Waals surface area contributed by atoms with Crippen LogP contribution in [-0.2, 0) is 3.74 Å². The van der Waals surface area contributed by atoms with Crippen molar-refractivity contribution in [2.24, 2.45) is 0 Å². The van der Waals surface area contributed by atoms with Crippen molar-refractivity contribution >= 4 is 36.0 Å². The summed E-state index contributed by atoms with van der Waals surface area (Å²) in [4.78, 5) is 7.57. The number of nitrogens with zero attached hydrogens (tertiary/aromatic N) is 2. The average Bonchev–Trinajstić information content (AvgIpc) is 2.27. The molecular formula is C10H9AsN4Na2O4. The van der Waals surface area contributed by atoms with E-state index in [4.69, 9.17) is 5.73 Å². The Labute approximate surface area is 167 Å². The SMILES string of the molecule is Nc1nccc(Nc2ccc([As](=O)([O-])[O-])c(O)c2)n1.[Na+].[Na+]. The molecule has 100 valence electrons. The topological polar surface area (TPSA) is 147 Å². The largest absolute Gasteiger partial charge is 1.00 e. The number of phenolic OH excluding ortho intramolecular Hbond substituents is 1. The van der Waals surface area contributed by atoms with Gasteiger partial charge in [-0.2, -0.15) is 0 Å². The van der Waals surface area contributed by atoms with E-state index in [1.54, 1.807) is 0 Å². The molecule has 2 rings (SSSR count). The minimum absolute atomic E-state index is 0. The summed E-state index contributed by atoms with van der Waals surface area (Å²) in [5.74, 6) is -0.158. The third kappa shape index (κ3) is 5.94. The van der Waals surface area contributed by atoms with Crippen LogP contribution >= 0.6 is 0 Å². The van der Waals surface area contributed by atoms with E-state index < -0.39 is 24.3 Å². The molecule has 0 atom stereocenters. The quantitative estimate of drug-likeness (QED) is 0.452. The second kappa shape index (κ2) is 8.57. The molecule has 0 unspecified atom stereocenters. The van der Waals surface area contributed by atoms with Crippen molar-refractivity contribution < 1.29 is 76.2 Å². The van der Waals surface area contributed by atoms with Crippen LogP contribution in [0.2, 0.25) is 0 Å². The summed E-state index contributed by atoms with van der Waals surface area (Å²) in [7, 11) is 0. The number of aromatic hydroxyl groups is 1.